The van der Waals surface area contributed by atoms with E-state index >= 15 is 0 Å². The highest BCUT2D eigenvalue weighted by Crippen LogP contribution is 1.96. The van der Waals surface area contributed by atoms with Crippen LogP contribution in [0.5, 0.6) is 0 Å². The highest BCUT2D eigenvalue weighted by atomic mass is 16.6. The Bertz CT molecular complexity index is 403. The van der Waals surface area contributed by atoms with E-state index in [9.17, 15) is 19.2 Å². The summed E-state index contributed by atoms with van der Waals surface area (Å²) in [5.41, 5.74) is 0. The normalized spacial score (nSPS) is 9.85. The number of nitrogens with one attached hydrogen (secondary N) is 2. The lowest BCUT2D eigenvalue weighted by Crippen LogP contribution is -2.34. The molecule has 4 amide bonds. The molecule has 1 unspecified atom stereocenters. The topological polar surface area (TPSA) is 123 Å². The zero-order valence-electron chi connectivity index (χ0n) is 17.0. The lowest BCUT2D eigenvalue weighted by atomic mass is 10.4. The van der Waals surface area contributed by atoms with Crippen molar-refractivity contribution in [1.29, 1.82) is 0 Å². The Balaban J connectivity index is -0.000000444. The monoisotopic (exact) mass is 379 g/mol. The Morgan fingerprint density at radius 3 is 1.69 bits per heavy atom. The lowest BCUT2D eigenvalue weighted by molar-refractivity contribution is -0.140. The second-order valence-corrected chi connectivity index (χ2v) is 4.38. The van der Waals surface area contributed by atoms with Gasteiger partial charge in [-0.15, -0.1) is 0 Å². The third kappa shape index (κ3) is 18.0. The number of carbonyl (C=O) groups excluding carboxylic acids is 4. The van der Waals surface area contributed by atoms with Crippen LogP contribution < -0.4 is 10.6 Å². The van der Waals surface area contributed by atoms with Gasteiger partial charge in [0.1, 0.15) is 6.61 Å². The van der Waals surface area contributed by atoms with Gasteiger partial charge >= 0.3 is 12.2 Å². The second kappa shape index (κ2) is 19.0. The summed E-state index contributed by atoms with van der Waals surface area (Å²) in [6, 6.07) is 0. The zero-order chi connectivity index (χ0) is 21.1. The molecular formula is C16H33N3O7. The zero-order valence-corrected chi connectivity index (χ0v) is 17.0. The van der Waals surface area contributed by atoms with Gasteiger partial charge < -0.3 is 24.8 Å². The van der Waals surface area contributed by atoms with Crippen molar-refractivity contribution in [2.75, 3.05) is 41.0 Å². The highest BCUT2D eigenvalue weighted by molar-refractivity contribution is 5.92. The number of hydrogen-bond acceptors (Lipinski definition) is 7. The predicted molar refractivity (Wildman–Crippen MR) is 96.7 cm³/mol. The third-order valence-electron chi connectivity index (χ3n) is 2.53. The number of alkyl carbamates (subject to hydrolysis) is 2. The van der Waals surface area contributed by atoms with E-state index in [2.05, 4.69) is 10.6 Å². The average molecular weight is 379 g/mol. The fourth-order valence-electron chi connectivity index (χ4n) is 1.04. The standard InChI is InChI=1S/C9H18N2O5.C5H9NO2.C2H6/c1-4-14-5-7(16-9(13)11-3)6-15-8(12)10-2;1-4(7)6(3)5(2)8;1-2/h7H,4-6H2,1-3H3,(H,10,12)(H,11,13);1-3H3;1-2H3. The molecule has 0 aliphatic heterocycles. The molecule has 0 aliphatic rings. The molecule has 0 aliphatic carbocycles. The summed E-state index contributed by atoms with van der Waals surface area (Å²) < 4.78 is 14.8. The number of hydrogen-bond donors (Lipinski definition) is 2. The summed E-state index contributed by atoms with van der Waals surface area (Å²) in [5, 5.41) is 4.59. The van der Waals surface area contributed by atoms with Gasteiger partial charge in [0, 0.05) is 41.6 Å². The molecule has 0 fully saturated rings. The SMILES string of the molecule is CC.CC(=O)N(C)C(C)=O.CCOCC(COC(=O)NC)OC(=O)NC. The maximum Gasteiger partial charge on any atom is 0.407 e. The lowest BCUT2D eigenvalue weighted by Gasteiger charge is -2.17. The Kier molecular flexibility index (Phi) is 20.8. The van der Waals surface area contributed by atoms with Crippen LogP contribution in [0.1, 0.15) is 34.6 Å². The van der Waals surface area contributed by atoms with Gasteiger partial charge in [-0.05, 0) is 6.92 Å². The molecule has 26 heavy (non-hydrogen) atoms. The molecular weight excluding hydrogens is 346 g/mol. The van der Waals surface area contributed by atoms with Crippen molar-refractivity contribution in [1.82, 2.24) is 15.5 Å². The van der Waals surface area contributed by atoms with E-state index in [1.54, 1.807) is 0 Å². The van der Waals surface area contributed by atoms with Gasteiger partial charge in [-0.25, -0.2) is 9.59 Å². The molecule has 10 nitrogen and oxygen atoms in total. The molecule has 1 atom stereocenters. The van der Waals surface area contributed by atoms with Crippen molar-refractivity contribution < 1.29 is 33.4 Å². The fourth-order valence-corrected chi connectivity index (χ4v) is 1.04. The molecule has 0 heterocycles. The summed E-state index contributed by atoms with van der Waals surface area (Å²) in [5.74, 6) is -0.449. The van der Waals surface area contributed by atoms with Crippen LogP contribution >= 0.6 is 0 Å². The molecule has 2 N–H and O–H groups in total. The maximum absolute atomic E-state index is 11.0. The van der Waals surface area contributed by atoms with Gasteiger partial charge in [0.05, 0.1) is 6.61 Å². The summed E-state index contributed by atoms with van der Waals surface area (Å²) in [4.78, 5) is 43.4. The van der Waals surface area contributed by atoms with Crippen LogP contribution in [0.25, 0.3) is 0 Å². The Morgan fingerprint density at radius 2 is 1.38 bits per heavy atom. The van der Waals surface area contributed by atoms with E-state index in [4.69, 9.17) is 14.2 Å². The first-order chi connectivity index (χ1) is 12.2. The quantitative estimate of drug-likeness (QED) is 0.709. The molecule has 0 saturated carbocycles. The second-order valence-electron chi connectivity index (χ2n) is 4.38. The number of ether oxygens (including phenoxy) is 3. The number of amides is 4. The summed E-state index contributed by atoms with van der Waals surface area (Å²) in [6.07, 6.45) is -1.79. The molecule has 0 radical (unpaired) electrons. The molecule has 0 saturated heterocycles. The van der Waals surface area contributed by atoms with E-state index in [-0.39, 0.29) is 25.0 Å². The van der Waals surface area contributed by atoms with Crippen LogP contribution in [0.15, 0.2) is 0 Å². The van der Waals surface area contributed by atoms with Crippen molar-refractivity contribution in [3.05, 3.63) is 0 Å². The van der Waals surface area contributed by atoms with Crippen LogP contribution in [0.3, 0.4) is 0 Å². The average Bonchev–Trinajstić information content (AvgIpc) is 2.64. The number of rotatable bonds is 6. The smallest absolute Gasteiger partial charge is 0.407 e. The van der Waals surface area contributed by atoms with Gasteiger partial charge in [0.25, 0.3) is 0 Å². The van der Waals surface area contributed by atoms with Gasteiger partial charge in [0.15, 0.2) is 6.10 Å². The van der Waals surface area contributed by atoms with Crippen molar-refractivity contribution in [2.24, 2.45) is 0 Å². The largest absolute Gasteiger partial charge is 0.446 e. The van der Waals surface area contributed by atoms with Gasteiger partial charge in [-0.1, -0.05) is 13.8 Å². The summed E-state index contributed by atoms with van der Waals surface area (Å²) in [7, 11) is 4.34. The summed E-state index contributed by atoms with van der Waals surface area (Å²) in [6.45, 7) is 9.14. The van der Waals surface area contributed by atoms with Crippen LogP contribution in [0.2, 0.25) is 0 Å². The molecule has 10 heteroatoms. The highest BCUT2D eigenvalue weighted by Gasteiger charge is 2.15. The first-order valence-corrected chi connectivity index (χ1v) is 8.24. The van der Waals surface area contributed by atoms with Crippen LogP contribution in [-0.2, 0) is 23.8 Å². The van der Waals surface area contributed by atoms with Gasteiger partial charge in [0.2, 0.25) is 11.8 Å². The van der Waals surface area contributed by atoms with Crippen LogP contribution in [-0.4, -0.2) is 76.0 Å². The van der Waals surface area contributed by atoms with E-state index in [0.717, 1.165) is 4.90 Å². The minimum absolute atomic E-state index is 0.0485. The predicted octanol–water partition coefficient (Wildman–Crippen LogP) is 1.14. The van der Waals surface area contributed by atoms with E-state index in [0.29, 0.717) is 6.61 Å². The van der Waals surface area contributed by atoms with Crippen LogP contribution in [0, 0.1) is 0 Å². The first-order valence-electron chi connectivity index (χ1n) is 8.24. The molecule has 0 spiro atoms. The van der Waals surface area contributed by atoms with Gasteiger partial charge in [-0.2, -0.15) is 0 Å². The van der Waals surface area contributed by atoms with Gasteiger partial charge in [-0.3, -0.25) is 14.5 Å². The maximum atomic E-state index is 11.0. The number of carbonyl (C=O) groups is 4. The number of imide groups is 1. The van der Waals surface area contributed by atoms with E-state index in [1.807, 2.05) is 20.8 Å². The molecule has 154 valence electrons. The van der Waals surface area contributed by atoms with E-state index < -0.39 is 18.3 Å². The molecule has 0 rings (SSSR count). The minimum atomic E-state index is -0.614. The fraction of sp³-hybridized carbons (Fsp3) is 0.750. The van der Waals surface area contributed by atoms with Crippen molar-refractivity contribution in [3.63, 3.8) is 0 Å². The molecule has 0 aromatic carbocycles. The number of nitrogens with zero attached hydrogens (tertiary/aromatic N) is 1. The Morgan fingerprint density at radius 1 is 0.923 bits per heavy atom. The summed E-state index contributed by atoms with van der Waals surface area (Å²) >= 11 is 0. The van der Waals surface area contributed by atoms with Crippen LogP contribution in [0.4, 0.5) is 9.59 Å². The molecule has 0 bridgehead atoms. The van der Waals surface area contributed by atoms with E-state index in [1.165, 1.54) is 35.0 Å². The first kappa shape index (κ1) is 28.4. The minimum Gasteiger partial charge on any atom is -0.446 e. The third-order valence-corrected chi connectivity index (χ3v) is 2.53. The van der Waals surface area contributed by atoms with Crippen molar-refractivity contribution >= 4 is 24.0 Å². The Hall–Kier alpha value is -2.36. The Labute approximate surface area is 155 Å². The van der Waals surface area contributed by atoms with Crippen molar-refractivity contribution in [3.8, 4) is 0 Å². The van der Waals surface area contributed by atoms with Crippen molar-refractivity contribution in [2.45, 2.75) is 40.7 Å². The molecule has 0 aromatic rings. The molecule has 0 aromatic heterocycles.